The van der Waals surface area contributed by atoms with Gasteiger partial charge in [0.05, 0.1) is 25.8 Å². The molecular formula is C27H35N5O4. The maximum absolute atomic E-state index is 13.0. The van der Waals surface area contributed by atoms with Gasteiger partial charge in [-0.05, 0) is 62.1 Å². The Morgan fingerprint density at radius 1 is 1.17 bits per heavy atom. The smallest absolute Gasteiger partial charge is 0.324 e. The number of ether oxygens (including phenoxy) is 1. The van der Waals surface area contributed by atoms with E-state index in [2.05, 4.69) is 20.4 Å². The summed E-state index contributed by atoms with van der Waals surface area (Å²) in [6, 6.07) is 12.5. The maximum Gasteiger partial charge on any atom is 0.324 e. The Morgan fingerprint density at radius 2 is 2.00 bits per heavy atom. The summed E-state index contributed by atoms with van der Waals surface area (Å²) in [6.07, 6.45) is 8.48. The summed E-state index contributed by atoms with van der Waals surface area (Å²) in [5.41, 5.74) is 0.860. The predicted molar refractivity (Wildman–Crippen MR) is 136 cm³/mol. The van der Waals surface area contributed by atoms with Crippen LogP contribution in [0.2, 0.25) is 0 Å². The molecule has 1 aromatic carbocycles. The average molecular weight is 494 g/mol. The van der Waals surface area contributed by atoms with Crippen molar-refractivity contribution in [3.8, 4) is 17.1 Å². The molecule has 3 heterocycles. The number of carbonyl (C=O) groups excluding carboxylic acids is 1. The number of hydrogen-bond acceptors (Lipinski definition) is 8. The molecule has 1 atom stereocenters. The summed E-state index contributed by atoms with van der Waals surface area (Å²) in [6.45, 7) is 3.62. The molecule has 1 saturated heterocycles. The number of rotatable bonds is 10. The van der Waals surface area contributed by atoms with Crippen molar-refractivity contribution in [1.29, 1.82) is 0 Å². The minimum Gasteiger partial charge on any atom is -0.497 e. The van der Waals surface area contributed by atoms with Crippen molar-refractivity contribution in [3.63, 3.8) is 0 Å². The normalized spacial score (nSPS) is 18.6. The van der Waals surface area contributed by atoms with Crippen LogP contribution in [0, 0.1) is 5.92 Å². The molecule has 9 nitrogen and oxygen atoms in total. The van der Waals surface area contributed by atoms with Crippen molar-refractivity contribution in [2.45, 2.75) is 51.1 Å². The summed E-state index contributed by atoms with van der Waals surface area (Å²) < 4.78 is 16.3. The second-order valence-corrected chi connectivity index (χ2v) is 9.69. The third-order valence-electron chi connectivity index (χ3n) is 7.30. The van der Waals surface area contributed by atoms with Gasteiger partial charge in [-0.15, -0.1) is 0 Å². The summed E-state index contributed by atoms with van der Waals surface area (Å²) in [7, 11) is 1.64. The minimum atomic E-state index is -0.0971. The second-order valence-electron chi connectivity index (χ2n) is 9.69. The van der Waals surface area contributed by atoms with Crippen LogP contribution in [0.15, 0.2) is 51.6 Å². The van der Waals surface area contributed by atoms with E-state index < -0.39 is 0 Å². The molecule has 9 heteroatoms. The van der Waals surface area contributed by atoms with E-state index >= 15 is 0 Å². The fraction of sp³-hybridized carbons (Fsp3) is 0.519. The lowest BCUT2D eigenvalue weighted by molar-refractivity contribution is -0.125. The standard InChI is InChI=1S/C27H35N5O4/c1-34-23-12-10-20(11-13-23)25-29-27(36-30-25)32-15-4-6-21(18-32)26(33)28-14-16-31(22-7-2-3-8-22)19-24-9-5-17-35-24/h5,9-13,17,21-22H,2-4,6-8,14-16,18-19H2,1H3,(H,28,33)/t21-/m1/s1. The van der Waals surface area contributed by atoms with Crippen molar-refractivity contribution >= 4 is 11.9 Å². The van der Waals surface area contributed by atoms with Crippen molar-refractivity contribution in [3.05, 3.63) is 48.4 Å². The Bertz CT molecular complexity index is 1090. The van der Waals surface area contributed by atoms with Crippen LogP contribution in [0.3, 0.4) is 0 Å². The van der Waals surface area contributed by atoms with Gasteiger partial charge < -0.3 is 23.9 Å². The van der Waals surface area contributed by atoms with Gasteiger partial charge in [-0.25, -0.2) is 0 Å². The van der Waals surface area contributed by atoms with Gasteiger partial charge in [-0.2, -0.15) is 4.98 Å². The van der Waals surface area contributed by atoms with E-state index in [-0.39, 0.29) is 11.8 Å². The number of benzene rings is 1. The highest BCUT2D eigenvalue weighted by molar-refractivity contribution is 5.79. The van der Waals surface area contributed by atoms with E-state index in [9.17, 15) is 4.79 Å². The molecule has 1 aliphatic heterocycles. The number of piperidine rings is 1. The molecule has 5 rings (SSSR count). The lowest BCUT2D eigenvalue weighted by atomic mass is 9.97. The quantitative estimate of drug-likeness (QED) is 0.451. The van der Waals surface area contributed by atoms with Gasteiger partial charge in [-0.1, -0.05) is 18.0 Å². The van der Waals surface area contributed by atoms with Crippen LogP contribution in [-0.2, 0) is 11.3 Å². The van der Waals surface area contributed by atoms with Gasteiger partial charge in [0.25, 0.3) is 0 Å². The number of nitrogens with one attached hydrogen (secondary N) is 1. The molecule has 2 aliphatic rings. The number of methoxy groups -OCH3 is 1. The minimum absolute atomic E-state index is 0.0963. The summed E-state index contributed by atoms with van der Waals surface area (Å²) in [5, 5.41) is 7.33. The van der Waals surface area contributed by atoms with E-state index in [0.717, 1.165) is 49.5 Å². The number of hydrogen-bond donors (Lipinski definition) is 1. The molecule has 192 valence electrons. The first-order valence-electron chi connectivity index (χ1n) is 13.0. The molecule has 0 radical (unpaired) electrons. The van der Waals surface area contributed by atoms with Crippen LogP contribution < -0.4 is 15.0 Å². The third kappa shape index (κ3) is 5.90. The topological polar surface area (TPSA) is 96.9 Å². The molecule has 3 aromatic rings. The van der Waals surface area contributed by atoms with Crippen molar-refractivity contribution in [2.75, 3.05) is 38.2 Å². The van der Waals surface area contributed by atoms with Gasteiger partial charge in [0.2, 0.25) is 11.7 Å². The van der Waals surface area contributed by atoms with Crippen molar-refractivity contribution < 1.29 is 18.5 Å². The zero-order valence-electron chi connectivity index (χ0n) is 20.9. The number of anilines is 1. The maximum atomic E-state index is 13.0. The lowest BCUT2D eigenvalue weighted by Crippen LogP contribution is -2.45. The Labute approximate surface area is 211 Å². The van der Waals surface area contributed by atoms with E-state index in [1.165, 1.54) is 25.7 Å². The molecule has 0 bridgehead atoms. The lowest BCUT2D eigenvalue weighted by Gasteiger charge is -2.31. The van der Waals surface area contributed by atoms with E-state index in [0.29, 0.717) is 31.0 Å². The monoisotopic (exact) mass is 493 g/mol. The Hall–Kier alpha value is -3.33. The van der Waals surface area contributed by atoms with Crippen LogP contribution in [0.25, 0.3) is 11.4 Å². The van der Waals surface area contributed by atoms with Crippen molar-refractivity contribution in [1.82, 2.24) is 20.4 Å². The Kier molecular flexibility index (Phi) is 7.85. The summed E-state index contributed by atoms with van der Waals surface area (Å²) >= 11 is 0. The zero-order chi connectivity index (χ0) is 24.7. The molecule has 36 heavy (non-hydrogen) atoms. The van der Waals surface area contributed by atoms with Crippen LogP contribution in [0.4, 0.5) is 6.01 Å². The number of carbonyl (C=O) groups is 1. The highest BCUT2D eigenvalue weighted by Crippen LogP contribution is 2.27. The van der Waals surface area contributed by atoms with Crippen LogP contribution in [-0.4, -0.2) is 60.3 Å². The Morgan fingerprint density at radius 3 is 2.75 bits per heavy atom. The SMILES string of the molecule is COc1ccc(-c2noc(N3CCC[C@@H](C(=O)NCCN(Cc4ccco4)C4CCCC4)C3)n2)cc1. The van der Waals surface area contributed by atoms with Gasteiger partial charge in [-0.3, -0.25) is 9.69 Å². The van der Waals surface area contributed by atoms with Crippen LogP contribution in [0.1, 0.15) is 44.3 Å². The van der Waals surface area contributed by atoms with Gasteiger partial charge >= 0.3 is 6.01 Å². The van der Waals surface area contributed by atoms with E-state index in [1.54, 1.807) is 13.4 Å². The van der Waals surface area contributed by atoms with Gasteiger partial charge in [0.15, 0.2) is 0 Å². The van der Waals surface area contributed by atoms with Gasteiger partial charge in [0, 0.05) is 37.8 Å². The third-order valence-corrected chi connectivity index (χ3v) is 7.30. The fourth-order valence-electron chi connectivity index (χ4n) is 5.30. The number of furan rings is 1. The molecule has 1 saturated carbocycles. The van der Waals surface area contributed by atoms with E-state index in [4.69, 9.17) is 13.7 Å². The molecule has 1 amide bonds. The average Bonchev–Trinajstić information content (AvgIpc) is 3.71. The molecule has 2 fully saturated rings. The first-order valence-corrected chi connectivity index (χ1v) is 13.0. The largest absolute Gasteiger partial charge is 0.497 e. The zero-order valence-corrected chi connectivity index (χ0v) is 20.9. The van der Waals surface area contributed by atoms with Crippen LogP contribution in [0.5, 0.6) is 5.75 Å². The molecule has 1 aliphatic carbocycles. The first kappa shape index (κ1) is 24.4. The molecule has 0 unspecified atom stereocenters. The van der Waals surface area contributed by atoms with Crippen LogP contribution >= 0.6 is 0 Å². The number of aromatic nitrogens is 2. The molecule has 1 N–H and O–H groups in total. The molecule has 0 spiro atoms. The Balaban J connectivity index is 1.14. The summed E-state index contributed by atoms with van der Waals surface area (Å²) in [4.78, 5) is 22.1. The fourth-order valence-corrected chi connectivity index (χ4v) is 5.30. The first-order chi connectivity index (χ1) is 17.7. The second kappa shape index (κ2) is 11.6. The number of amides is 1. The number of nitrogens with zero attached hydrogens (tertiary/aromatic N) is 4. The highest BCUT2D eigenvalue weighted by Gasteiger charge is 2.29. The van der Waals surface area contributed by atoms with Gasteiger partial charge in [0.1, 0.15) is 11.5 Å². The highest BCUT2D eigenvalue weighted by atomic mass is 16.5. The van der Waals surface area contributed by atoms with E-state index in [1.807, 2.05) is 41.3 Å². The predicted octanol–water partition coefficient (Wildman–Crippen LogP) is 4.12. The molecule has 2 aromatic heterocycles. The summed E-state index contributed by atoms with van der Waals surface area (Å²) in [5.74, 6) is 2.28. The van der Waals surface area contributed by atoms with Crippen molar-refractivity contribution in [2.24, 2.45) is 5.92 Å². The molecular weight excluding hydrogens is 458 g/mol.